The third kappa shape index (κ3) is 4.43. The maximum Gasteiger partial charge on any atom is 0.0484 e. The summed E-state index contributed by atoms with van der Waals surface area (Å²) >= 11 is 0. The summed E-state index contributed by atoms with van der Waals surface area (Å²) in [5, 5.41) is 16.0. The van der Waals surface area contributed by atoms with Crippen molar-refractivity contribution in [2.24, 2.45) is 5.41 Å². The molecule has 2 nitrogen and oxygen atoms in total. The minimum Gasteiger partial charge on any atom is -0.397 e. The summed E-state index contributed by atoms with van der Waals surface area (Å²) in [5.74, 6) is 0. The van der Waals surface area contributed by atoms with Gasteiger partial charge in [-0.05, 0) is 25.2 Å². The largest absolute Gasteiger partial charge is 0.397 e. The number of aliphatic hydroxyl groups excluding tert-OH is 2. The predicted molar refractivity (Wildman–Crippen MR) is 37.2 cm³/mol. The smallest absolute Gasteiger partial charge is 0.0484 e. The van der Waals surface area contributed by atoms with E-state index in [1.165, 1.54) is 12.8 Å². The molecule has 0 aromatic heterocycles. The SMILES string of the molecule is CC1(CO)CC1.CCO. The minimum atomic E-state index is 0.250. The van der Waals surface area contributed by atoms with E-state index in [2.05, 4.69) is 6.92 Å². The standard InChI is InChI=1S/C5H10O.C2H6O/c1-5(4-6)2-3-5;1-2-3/h6H,2-4H2,1H3;3H,2H2,1H3. The summed E-state index contributed by atoms with van der Waals surface area (Å²) in [4.78, 5) is 0. The molecular formula is C7H16O2. The van der Waals surface area contributed by atoms with Gasteiger partial charge in [0.05, 0.1) is 0 Å². The van der Waals surface area contributed by atoms with Crippen molar-refractivity contribution in [3.63, 3.8) is 0 Å². The highest BCUT2D eigenvalue weighted by atomic mass is 16.3. The first-order valence-corrected chi connectivity index (χ1v) is 3.40. The second kappa shape index (κ2) is 3.85. The highest BCUT2D eigenvalue weighted by Crippen LogP contribution is 2.43. The quantitative estimate of drug-likeness (QED) is 0.553. The van der Waals surface area contributed by atoms with E-state index < -0.39 is 0 Å². The first-order valence-electron chi connectivity index (χ1n) is 3.40. The molecule has 0 bridgehead atoms. The number of rotatable bonds is 1. The first-order chi connectivity index (χ1) is 4.18. The van der Waals surface area contributed by atoms with Gasteiger partial charge < -0.3 is 10.2 Å². The molecule has 1 rings (SSSR count). The average molecular weight is 132 g/mol. The Labute approximate surface area is 56.5 Å². The van der Waals surface area contributed by atoms with Crippen LogP contribution in [-0.4, -0.2) is 23.4 Å². The van der Waals surface area contributed by atoms with E-state index in [9.17, 15) is 0 Å². The highest BCUT2D eigenvalue weighted by molar-refractivity contribution is 4.87. The van der Waals surface area contributed by atoms with E-state index in [-0.39, 0.29) is 6.61 Å². The van der Waals surface area contributed by atoms with Crippen LogP contribution in [0.15, 0.2) is 0 Å². The van der Waals surface area contributed by atoms with E-state index in [1.807, 2.05) is 0 Å². The Hall–Kier alpha value is -0.0800. The Kier molecular flexibility index (Phi) is 3.82. The maximum atomic E-state index is 8.47. The van der Waals surface area contributed by atoms with Crippen molar-refractivity contribution in [1.82, 2.24) is 0 Å². The molecule has 0 aromatic carbocycles. The highest BCUT2D eigenvalue weighted by Gasteiger charge is 2.35. The lowest BCUT2D eigenvalue weighted by Gasteiger charge is -1.96. The van der Waals surface area contributed by atoms with Gasteiger partial charge in [0.2, 0.25) is 0 Å². The molecule has 1 aliphatic rings. The second-order valence-corrected chi connectivity index (χ2v) is 2.79. The van der Waals surface area contributed by atoms with Gasteiger partial charge in [0, 0.05) is 13.2 Å². The van der Waals surface area contributed by atoms with Gasteiger partial charge in [-0.25, -0.2) is 0 Å². The Morgan fingerprint density at radius 1 is 1.33 bits per heavy atom. The minimum absolute atomic E-state index is 0.250. The Bertz CT molecular complexity index is 67.3. The molecule has 0 aromatic rings. The zero-order chi connectivity index (χ0) is 7.33. The summed E-state index contributed by atoms with van der Waals surface area (Å²) in [6, 6.07) is 0. The number of hydrogen-bond acceptors (Lipinski definition) is 2. The van der Waals surface area contributed by atoms with Crippen LogP contribution in [-0.2, 0) is 0 Å². The van der Waals surface area contributed by atoms with Crippen molar-refractivity contribution in [2.75, 3.05) is 13.2 Å². The first kappa shape index (κ1) is 8.92. The summed E-state index contributed by atoms with van der Waals surface area (Å²) in [6.07, 6.45) is 2.45. The molecule has 0 saturated heterocycles. The summed E-state index contributed by atoms with van der Waals surface area (Å²) in [6.45, 7) is 4.42. The molecule has 1 aliphatic carbocycles. The lowest BCUT2D eigenvalue weighted by Crippen LogP contribution is -1.97. The zero-order valence-corrected chi connectivity index (χ0v) is 6.22. The number of aliphatic hydroxyl groups is 2. The molecule has 2 N–H and O–H groups in total. The van der Waals surface area contributed by atoms with Crippen LogP contribution in [0.3, 0.4) is 0 Å². The molecular weight excluding hydrogens is 116 g/mol. The summed E-state index contributed by atoms with van der Waals surface area (Å²) in [7, 11) is 0. The van der Waals surface area contributed by atoms with Gasteiger partial charge in [-0.2, -0.15) is 0 Å². The van der Waals surface area contributed by atoms with Crippen LogP contribution in [0.2, 0.25) is 0 Å². The van der Waals surface area contributed by atoms with Crippen LogP contribution in [0.1, 0.15) is 26.7 Å². The zero-order valence-electron chi connectivity index (χ0n) is 6.22. The van der Waals surface area contributed by atoms with Crippen LogP contribution in [0.4, 0.5) is 0 Å². The van der Waals surface area contributed by atoms with Gasteiger partial charge in [-0.3, -0.25) is 0 Å². The van der Waals surface area contributed by atoms with Gasteiger partial charge in [0.15, 0.2) is 0 Å². The predicted octanol–water partition coefficient (Wildman–Crippen LogP) is 0.777. The molecule has 0 spiro atoms. The normalized spacial score (nSPS) is 20.0. The third-order valence-electron chi connectivity index (χ3n) is 1.49. The topological polar surface area (TPSA) is 40.5 Å². The second-order valence-electron chi connectivity index (χ2n) is 2.79. The maximum absolute atomic E-state index is 8.47. The van der Waals surface area contributed by atoms with Gasteiger partial charge in [0.1, 0.15) is 0 Å². The van der Waals surface area contributed by atoms with Crippen LogP contribution in [0.25, 0.3) is 0 Å². The van der Waals surface area contributed by atoms with E-state index in [0.29, 0.717) is 12.0 Å². The van der Waals surface area contributed by atoms with E-state index in [1.54, 1.807) is 6.92 Å². The fraction of sp³-hybridized carbons (Fsp3) is 1.00. The molecule has 1 fully saturated rings. The molecule has 1 saturated carbocycles. The molecule has 0 aliphatic heterocycles. The molecule has 0 atom stereocenters. The molecule has 0 amide bonds. The van der Waals surface area contributed by atoms with Crippen molar-refractivity contribution in [3.05, 3.63) is 0 Å². The lowest BCUT2D eigenvalue weighted by molar-refractivity contribution is 0.224. The molecule has 56 valence electrons. The molecule has 0 heterocycles. The van der Waals surface area contributed by atoms with Crippen molar-refractivity contribution in [3.8, 4) is 0 Å². The van der Waals surface area contributed by atoms with Crippen molar-refractivity contribution in [1.29, 1.82) is 0 Å². The Balaban J connectivity index is 0.000000187. The van der Waals surface area contributed by atoms with Crippen LogP contribution in [0.5, 0.6) is 0 Å². The molecule has 0 radical (unpaired) electrons. The molecule has 2 heteroatoms. The summed E-state index contributed by atoms with van der Waals surface area (Å²) < 4.78 is 0. The van der Waals surface area contributed by atoms with E-state index in [4.69, 9.17) is 10.2 Å². The Morgan fingerprint density at radius 2 is 1.67 bits per heavy atom. The third-order valence-corrected chi connectivity index (χ3v) is 1.49. The fourth-order valence-electron chi connectivity index (χ4n) is 0.372. The van der Waals surface area contributed by atoms with Gasteiger partial charge in [-0.15, -0.1) is 0 Å². The Morgan fingerprint density at radius 3 is 1.67 bits per heavy atom. The summed E-state index contributed by atoms with van der Waals surface area (Å²) in [5.41, 5.74) is 0.347. The van der Waals surface area contributed by atoms with Crippen LogP contribution in [0, 0.1) is 5.41 Å². The molecule has 0 unspecified atom stereocenters. The van der Waals surface area contributed by atoms with E-state index in [0.717, 1.165) is 0 Å². The van der Waals surface area contributed by atoms with Crippen molar-refractivity contribution >= 4 is 0 Å². The van der Waals surface area contributed by atoms with E-state index >= 15 is 0 Å². The average Bonchev–Trinajstić information content (AvgIpc) is 2.52. The van der Waals surface area contributed by atoms with Crippen LogP contribution >= 0.6 is 0 Å². The monoisotopic (exact) mass is 132 g/mol. The molecule has 9 heavy (non-hydrogen) atoms. The fourth-order valence-corrected chi connectivity index (χ4v) is 0.372. The van der Waals surface area contributed by atoms with Gasteiger partial charge in [-0.1, -0.05) is 6.92 Å². The van der Waals surface area contributed by atoms with Crippen molar-refractivity contribution in [2.45, 2.75) is 26.7 Å². The van der Waals surface area contributed by atoms with Gasteiger partial charge >= 0.3 is 0 Å². The number of hydrogen-bond donors (Lipinski definition) is 2. The van der Waals surface area contributed by atoms with Crippen LogP contribution < -0.4 is 0 Å². The van der Waals surface area contributed by atoms with Gasteiger partial charge in [0.25, 0.3) is 0 Å². The van der Waals surface area contributed by atoms with Crippen molar-refractivity contribution < 1.29 is 10.2 Å². The lowest BCUT2D eigenvalue weighted by atomic mass is 10.2.